The molecule has 0 radical (unpaired) electrons. The Morgan fingerprint density at radius 1 is 0.291 bits per heavy atom. The fourth-order valence-corrected chi connectivity index (χ4v) is 7.87. The summed E-state index contributed by atoms with van der Waals surface area (Å²) in [4.78, 5) is 15.7. The quantitative estimate of drug-likeness (QED) is 0.179. The fourth-order valence-electron chi connectivity index (χ4n) is 7.87. The lowest BCUT2D eigenvalue weighted by atomic mass is 9.98. The molecule has 0 aliphatic rings. The van der Waals surface area contributed by atoms with Crippen LogP contribution in [-0.4, -0.2) is 15.0 Å². The lowest BCUT2D eigenvalue weighted by Crippen LogP contribution is -2.01. The zero-order chi connectivity index (χ0) is 36.3. The zero-order valence-corrected chi connectivity index (χ0v) is 29.6. The molecular formula is C51H31N3O. The molecule has 0 aliphatic heterocycles. The summed E-state index contributed by atoms with van der Waals surface area (Å²) < 4.78 is 6.67. The molecule has 9 aromatic carbocycles. The van der Waals surface area contributed by atoms with Crippen LogP contribution in [0.3, 0.4) is 0 Å². The first-order valence-electron chi connectivity index (χ1n) is 18.5. The molecule has 0 saturated heterocycles. The molecule has 0 fully saturated rings. The summed E-state index contributed by atoms with van der Waals surface area (Å²) in [6.45, 7) is 0. The van der Waals surface area contributed by atoms with Gasteiger partial charge in [-0.3, -0.25) is 0 Å². The second kappa shape index (κ2) is 12.6. The number of aromatic nitrogens is 3. The van der Waals surface area contributed by atoms with Crippen molar-refractivity contribution in [1.29, 1.82) is 0 Å². The van der Waals surface area contributed by atoms with Crippen LogP contribution in [0.5, 0.6) is 0 Å². The van der Waals surface area contributed by atoms with Crippen molar-refractivity contribution in [1.82, 2.24) is 15.0 Å². The van der Waals surface area contributed by atoms with Crippen LogP contribution < -0.4 is 0 Å². The molecule has 55 heavy (non-hydrogen) atoms. The van der Waals surface area contributed by atoms with Crippen LogP contribution in [0.15, 0.2) is 192 Å². The third kappa shape index (κ3) is 5.43. The van der Waals surface area contributed by atoms with Crippen molar-refractivity contribution in [3.63, 3.8) is 0 Å². The molecule has 4 heteroatoms. The van der Waals surface area contributed by atoms with E-state index in [4.69, 9.17) is 19.4 Å². The molecule has 256 valence electrons. The van der Waals surface area contributed by atoms with E-state index in [0.717, 1.165) is 76.7 Å². The molecule has 4 nitrogen and oxygen atoms in total. The highest BCUT2D eigenvalue weighted by atomic mass is 16.3. The van der Waals surface area contributed by atoms with Gasteiger partial charge in [0.15, 0.2) is 17.5 Å². The van der Waals surface area contributed by atoms with Crippen LogP contribution in [0.2, 0.25) is 0 Å². The predicted octanol–water partition coefficient (Wildman–Crippen LogP) is 13.6. The van der Waals surface area contributed by atoms with Crippen LogP contribution in [0, 0.1) is 0 Å². The van der Waals surface area contributed by atoms with Crippen molar-refractivity contribution in [3.8, 4) is 56.4 Å². The highest BCUT2D eigenvalue weighted by Crippen LogP contribution is 2.41. The lowest BCUT2D eigenvalue weighted by molar-refractivity contribution is 0.673. The Labute approximate surface area is 317 Å². The molecule has 0 bridgehead atoms. The zero-order valence-electron chi connectivity index (χ0n) is 29.6. The van der Waals surface area contributed by atoms with Gasteiger partial charge >= 0.3 is 0 Å². The van der Waals surface area contributed by atoms with Gasteiger partial charge in [-0.25, -0.2) is 15.0 Å². The average molecular weight is 702 g/mol. The standard InChI is InChI=1S/C51H31N3O/c1-3-11-32(12-4-1)36-20-21-38-29-41(24-22-37(38)27-36)50-52-49(40-23-19-34-15-7-8-16-35(34)28-40)53-51(54-50)46-31-45-43-26-25-39(33-13-5-2-6-14-33)30-47(43)55-48(45)44-18-10-9-17-42(44)46/h1-31H. The van der Waals surface area contributed by atoms with Crippen molar-refractivity contribution in [2.45, 2.75) is 0 Å². The molecule has 0 N–H and O–H groups in total. The minimum absolute atomic E-state index is 0.612. The molecule has 0 saturated carbocycles. The van der Waals surface area contributed by atoms with Gasteiger partial charge in [-0.2, -0.15) is 0 Å². The van der Waals surface area contributed by atoms with Crippen molar-refractivity contribution in [2.24, 2.45) is 0 Å². The first-order chi connectivity index (χ1) is 27.2. The van der Waals surface area contributed by atoms with Crippen LogP contribution in [0.4, 0.5) is 0 Å². The van der Waals surface area contributed by atoms with E-state index >= 15 is 0 Å². The van der Waals surface area contributed by atoms with E-state index in [1.807, 2.05) is 12.1 Å². The third-order valence-electron chi connectivity index (χ3n) is 10.7. The molecule has 0 atom stereocenters. The van der Waals surface area contributed by atoms with Crippen molar-refractivity contribution in [3.05, 3.63) is 188 Å². The van der Waals surface area contributed by atoms with Gasteiger partial charge in [0.2, 0.25) is 0 Å². The highest BCUT2D eigenvalue weighted by molar-refractivity contribution is 6.19. The van der Waals surface area contributed by atoms with E-state index < -0.39 is 0 Å². The van der Waals surface area contributed by atoms with Gasteiger partial charge in [0.1, 0.15) is 11.2 Å². The monoisotopic (exact) mass is 701 g/mol. The number of rotatable bonds is 5. The largest absolute Gasteiger partial charge is 0.455 e. The van der Waals surface area contributed by atoms with Crippen LogP contribution in [-0.2, 0) is 0 Å². The van der Waals surface area contributed by atoms with Crippen molar-refractivity contribution in [2.75, 3.05) is 0 Å². The summed E-state index contributed by atoms with van der Waals surface area (Å²) in [6.07, 6.45) is 0. The van der Waals surface area contributed by atoms with Crippen LogP contribution >= 0.6 is 0 Å². The molecule has 11 aromatic rings. The Hall–Kier alpha value is -7.43. The average Bonchev–Trinajstić information content (AvgIpc) is 3.64. The lowest BCUT2D eigenvalue weighted by Gasteiger charge is -2.12. The summed E-state index contributed by atoms with van der Waals surface area (Å²) in [5.74, 6) is 1.86. The van der Waals surface area contributed by atoms with Crippen molar-refractivity contribution >= 4 is 54.3 Å². The van der Waals surface area contributed by atoms with E-state index in [1.165, 1.54) is 16.5 Å². The van der Waals surface area contributed by atoms with Gasteiger partial charge in [0, 0.05) is 32.8 Å². The minimum atomic E-state index is 0.612. The minimum Gasteiger partial charge on any atom is -0.455 e. The summed E-state index contributed by atoms with van der Waals surface area (Å²) >= 11 is 0. The van der Waals surface area contributed by atoms with E-state index in [1.54, 1.807) is 0 Å². The number of hydrogen-bond acceptors (Lipinski definition) is 4. The molecular weight excluding hydrogens is 671 g/mol. The van der Waals surface area contributed by atoms with E-state index in [-0.39, 0.29) is 0 Å². The van der Waals surface area contributed by atoms with Gasteiger partial charge in [0.25, 0.3) is 0 Å². The second-order valence-corrected chi connectivity index (χ2v) is 14.0. The van der Waals surface area contributed by atoms with Gasteiger partial charge in [-0.15, -0.1) is 0 Å². The maximum absolute atomic E-state index is 6.67. The summed E-state index contributed by atoms with van der Waals surface area (Å²) in [6, 6.07) is 65.8. The smallest absolute Gasteiger partial charge is 0.164 e. The number of benzene rings is 9. The number of furan rings is 1. The molecule has 2 aromatic heterocycles. The number of hydrogen-bond donors (Lipinski definition) is 0. The number of nitrogens with zero attached hydrogens (tertiary/aromatic N) is 3. The molecule has 2 heterocycles. The summed E-state index contributed by atoms with van der Waals surface area (Å²) in [7, 11) is 0. The van der Waals surface area contributed by atoms with Gasteiger partial charge in [-0.1, -0.05) is 152 Å². The fraction of sp³-hybridized carbons (Fsp3) is 0. The number of fused-ring (bicyclic) bond motifs is 7. The Bertz CT molecular complexity index is 3260. The van der Waals surface area contributed by atoms with Gasteiger partial charge < -0.3 is 4.42 Å². The SMILES string of the molecule is c1ccc(-c2ccc3cc(-c4nc(-c5ccc6ccccc6c5)nc(-c5cc6c7ccc(-c8ccccc8)cc7oc6c6ccccc56)n4)ccc3c2)cc1. The Balaban J connectivity index is 1.12. The normalized spacial score (nSPS) is 11.6. The van der Waals surface area contributed by atoms with E-state index in [9.17, 15) is 0 Å². The van der Waals surface area contributed by atoms with E-state index in [0.29, 0.717) is 17.5 Å². The van der Waals surface area contributed by atoms with E-state index in [2.05, 4.69) is 176 Å². The molecule has 0 unspecified atom stereocenters. The Morgan fingerprint density at radius 3 is 1.47 bits per heavy atom. The maximum Gasteiger partial charge on any atom is 0.164 e. The highest BCUT2D eigenvalue weighted by Gasteiger charge is 2.19. The molecule has 11 rings (SSSR count). The van der Waals surface area contributed by atoms with Crippen LogP contribution in [0.1, 0.15) is 0 Å². The predicted molar refractivity (Wildman–Crippen MR) is 227 cm³/mol. The van der Waals surface area contributed by atoms with Crippen molar-refractivity contribution < 1.29 is 4.42 Å². The molecule has 0 amide bonds. The Morgan fingerprint density at radius 2 is 0.782 bits per heavy atom. The summed E-state index contributed by atoms with van der Waals surface area (Å²) in [5, 5.41) is 8.70. The maximum atomic E-state index is 6.67. The van der Waals surface area contributed by atoms with Crippen LogP contribution in [0.25, 0.3) is 111 Å². The Kier molecular flexibility index (Phi) is 7.14. The first kappa shape index (κ1) is 31.1. The van der Waals surface area contributed by atoms with Gasteiger partial charge in [0.05, 0.1) is 0 Å². The topological polar surface area (TPSA) is 51.8 Å². The van der Waals surface area contributed by atoms with Gasteiger partial charge in [-0.05, 0) is 85.6 Å². The molecule has 0 spiro atoms. The molecule has 0 aliphatic carbocycles. The summed E-state index contributed by atoms with van der Waals surface area (Å²) in [5.41, 5.74) is 9.14. The third-order valence-corrected chi connectivity index (χ3v) is 10.7. The second-order valence-electron chi connectivity index (χ2n) is 14.0. The first-order valence-corrected chi connectivity index (χ1v) is 18.5.